The Labute approximate surface area is 199 Å². The standard InChI is InChI=1S/C25H31N4O4P/c1-17(30)27-19-7-3-9-21(15-19)34(33,22-10-4-8-20(16-22)28-18(2)31)24-12-6-14-29(24)25(32)23-11-5-13-26-23/h3-4,7-10,15-16,23-24,26H,5-6,11-14H2,1-2H3,(H,27,30)(H,28,31)/t23-,24?/m0/s1. The number of rotatable bonds is 6. The van der Waals surface area contributed by atoms with Crippen LogP contribution in [0.15, 0.2) is 48.5 Å². The minimum absolute atomic E-state index is 0.00347. The maximum absolute atomic E-state index is 15.2. The Balaban J connectivity index is 1.82. The van der Waals surface area contributed by atoms with Crippen LogP contribution in [-0.4, -0.2) is 47.5 Å². The first-order valence-corrected chi connectivity index (χ1v) is 13.5. The molecule has 2 aromatic rings. The number of hydrogen-bond donors (Lipinski definition) is 3. The molecule has 8 nitrogen and oxygen atoms in total. The number of benzene rings is 2. The highest BCUT2D eigenvalue weighted by molar-refractivity contribution is 7.79. The maximum atomic E-state index is 15.2. The number of nitrogens with one attached hydrogen (secondary N) is 3. The van der Waals surface area contributed by atoms with Crippen LogP contribution in [-0.2, 0) is 18.9 Å². The Morgan fingerprint density at radius 2 is 1.50 bits per heavy atom. The molecule has 1 unspecified atom stereocenters. The van der Waals surface area contributed by atoms with E-state index in [1.807, 2.05) is 0 Å². The Bertz CT molecular complexity index is 1080. The zero-order valence-electron chi connectivity index (χ0n) is 19.5. The molecule has 2 aromatic carbocycles. The number of carbonyl (C=O) groups excluding carboxylic acids is 3. The molecule has 2 atom stereocenters. The number of amides is 3. The molecule has 0 aliphatic carbocycles. The van der Waals surface area contributed by atoms with E-state index in [0.717, 1.165) is 25.8 Å². The van der Waals surface area contributed by atoms with Crippen molar-refractivity contribution in [3.63, 3.8) is 0 Å². The summed E-state index contributed by atoms with van der Waals surface area (Å²) in [4.78, 5) is 38.5. The molecule has 2 aliphatic rings. The van der Waals surface area contributed by atoms with Gasteiger partial charge in [0, 0.05) is 42.4 Å². The van der Waals surface area contributed by atoms with Crippen molar-refractivity contribution in [2.24, 2.45) is 0 Å². The first-order chi connectivity index (χ1) is 16.3. The lowest BCUT2D eigenvalue weighted by Gasteiger charge is -2.34. The highest BCUT2D eigenvalue weighted by atomic mass is 31.2. The predicted octanol–water partition coefficient (Wildman–Crippen LogP) is 2.62. The minimum atomic E-state index is -3.39. The average Bonchev–Trinajstić information content (AvgIpc) is 3.50. The van der Waals surface area contributed by atoms with Gasteiger partial charge in [-0.3, -0.25) is 14.4 Å². The normalized spacial score (nSPS) is 20.2. The first-order valence-electron chi connectivity index (χ1n) is 11.7. The Morgan fingerprint density at radius 1 is 0.912 bits per heavy atom. The van der Waals surface area contributed by atoms with Crippen molar-refractivity contribution in [2.75, 3.05) is 23.7 Å². The molecule has 2 fully saturated rings. The van der Waals surface area contributed by atoms with Gasteiger partial charge in [-0.15, -0.1) is 0 Å². The smallest absolute Gasteiger partial charge is 0.240 e. The van der Waals surface area contributed by atoms with E-state index in [0.29, 0.717) is 34.9 Å². The van der Waals surface area contributed by atoms with Crippen LogP contribution in [0.5, 0.6) is 0 Å². The Kier molecular flexibility index (Phi) is 7.19. The summed E-state index contributed by atoms with van der Waals surface area (Å²) in [5, 5.41) is 9.95. The second-order valence-electron chi connectivity index (χ2n) is 8.92. The summed E-state index contributed by atoms with van der Waals surface area (Å²) in [5.74, 6) is -0.937. The molecule has 0 radical (unpaired) electrons. The largest absolute Gasteiger partial charge is 0.331 e. The zero-order chi connectivity index (χ0) is 24.3. The van der Waals surface area contributed by atoms with Gasteiger partial charge < -0.3 is 25.4 Å². The van der Waals surface area contributed by atoms with Crippen molar-refractivity contribution >= 4 is 46.8 Å². The van der Waals surface area contributed by atoms with E-state index in [2.05, 4.69) is 16.0 Å². The van der Waals surface area contributed by atoms with E-state index in [-0.39, 0.29) is 23.8 Å². The van der Waals surface area contributed by atoms with E-state index in [4.69, 9.17) is 0 Å². The van der Waals surface area contributed by atoms with Gasteiger partial charge >= 0.3 is 0 Å². The SMILES string of the molecule is CC(=O)Nc1cccc(P(=O)(c2cccc(NC(C)=O)c2)C2CCCN2C(=O)[C@@H]2CCCN2)c1. The molecule has 0 spiro atoms. The molecule has 2 aliphatic heterocycles. The number of nitrogens with zero attached hydrogens (tertiary/aromatic N) is 1. The first kappa shape index (κ1) is 24.2. The summed E-state index contributed by atoms with van der Waals surface area (Å²) in [7, 11) is -3.39. The van der Waals surface area contributed by atoms with E-state index < -0.39 is 12.9 Å². The summed E-state index contributed by atoms with van der Waals surface area (Å²) < 4.78 is 15.2. The quantitative estimate of drug-likeness (QED) is 0.549. The predicted molar refractivity (Wildman–Crippen MR) is 134 cm³/mol. The molecular weight excluding hydrogens is 451 g/mol. The van der Waals surface area contributed by atoms with Gasteiger partial charge in [0.05, 0.1) is 11.8 Å². The van der Waals surface area contributed by atoms with Crippen LogP contribution in [0.25, 0.3) is 0 Å². The van der Waals surface area contributed by atoms with Crippen LogP contribution < -0.4 is 26.6 Å². The van der Waals surface area contributed by atoms with Crippen molar-refractivity contribution in [3.05, 3.63) is 48.5 Å². The van der Waals surface area contributed by atoms with Crippen LogP contribution in [0.1, 0.15) is 39.5 Å². The molecule has 0 saturated carbocycles. The molecule has 180 valence electrons. The Hall–Kier alpha value is -2.96. The maximum Gasteiger partial charge on any atom is 0.240 e. The summed E-state index contributed by atoms with van der Waals surface area (Å²) >= 11 is 0. The molecule has 2 heterocycles. The molecule has 4 rings (SSSR count). The van der Waals surface area contributed by atoms with Gasteiger partial charge in [-0.25, -0.2) is 0 Å². The fraction of sp³-hybridized carbons (Fsp3) is 0.400. The average molecular weight is 483 g/mol. The third kappa shape index (κ3) is 4.93. The second-order valence-corrected chi connectivity index (χ2v) is 11.9. The molecule has 0 aromatic heterocycles. The Morgan fingerprint density at radius 3 is 2.00 bits per heavy atom. The van der Waals surface area contributed by atoms with E-state index in [1.165, 1.54) is 13.8 Å². The summed E-state index contributed by atoms with van der Waals surface area (Å²) in [6.07, 6.45) is 3.11. The van der Waals surface area contributed by atoms with E-state index >= 15 is 4.57 Å². The van der Waals surface area contributed by atoms with Crippen LogP contribution >= 0.6 is 7.14 Å². The lowest BCUT2D eigenvalue weighted by Crippen LogP contribution is -2.47. The molecule has 3 N–H and O–H groups in total. The number of likely N-dealkylation sites (tertiary alicyclic amines) is 1. The lowest BCUT2D eigenvalue weighted by atomic mass is 10.2. The highest BCUT2D eigenvalue weighted by Crippen LogP contribution is 2.54. The zero-order valence-corrected chi connectivity index (χ0v) is 20.4. The molecule has 0 bridgehead atoms. The second kappa shape index (κ2) is 10.1. The molecule has 3 amide bonds. The van der Waals surface area contributed by atoms with Crippen LogP contribution in [0.2, 0.25) is 0 Å². The van der Waals surface area contributed by atoms with Crippen molar-refractivity contribution in [1.82, 2.24) is 10.2 Å². The van der Waals surface area contributed by atoms with Gasteiger partial charge in [-0.1, -0.05) is 24.3 Å². The van der Waals surface area contributed by atoms with Crippen molar-refractivity contribution in [1.29, 1.82) is 0 Å². The molecule has 34 heavy (non-hydrogen) atoms. The topological polar surface area (TPSA) is 108 Å². The van der Waals surface area contributed by atoms with Gasteiger partial charge in [0.25, 0.3) is 0 Å². The van der Waals surface area contributed by atoms with Gasteiger partial charge in [0.15, 0.2) is 7.14 Å². The van der Waals surface area contributed by atoms with Crippen LogP contribution in [0.3, 0.4) is 0 Å². The third-order valence-corrected chi connectivity index (χ3v) is 9.85. The molecular formula is C25H31N4O4P. The van der Waals surface area contributed by atoms with Crippen molar-refractivity contribution in [3.8, 4) is 0 Å². The van der Waals surface area contributed by atoms with Crippen molar-refractivity contribution < 1.29 is 18.9 Å². The molecule has 9 heteroatoms. The fourth-order valence-corrected chi connectivity index (χ4v) is 8.39. The summed E-state index contributed by atoms with van der Waals surface area (Å²) in [5.41, 5.74) is 1.10. The fourth-order valence-electron chi connectivity index (χ4n) is 4.96. The van der Waals surface area contributed by atoms with Crippen LogP contribution in [0.4, 0.5) is 11.4 Å². The number of hydrogen-bond acceptors (Lipinski definition) is 5. The van der Waals surface area contributed by atoms with Crippen molar-refractivity contribution in [2.45, 2.75) is 51.4 Å². The monoisotopic (exact) mass is 482 g/mol. The van der Waals surface area contributed by atoms with Gasteiger partial charge in [0.2, 0.25) is 17.7 Å². The minimum Gasteiger partial charge on any atom is -0.331 e. The summed E-state index contributed by atoms with van der Waals surface area (Å²) in [6.45, 7) is 4.22. The highest BCUT2D eigenvalue weighted by Gasteiger charge is 2.46. The van der Waals surface area contributed by atoms with Gasteiger partial charge in [-0.05, 0) is 56.5 Å². The summed E-state index contributed by atoms with van der Waals surface area (Å²) in [6, 6.07) is 13.9. The van der Waals surface area contributed by atoms with Gasteiger partial charge in [0.1, 0.15) is 0 Å². The van der Waals surface area contributed by atoms with Crippen LogP contribution in [0, 0.1) is 0 Å². The van der Waals surface area contributed by atoms with E-state index in [9.17, 15) is 14.4 Å². The number of anilines is 2. The number of carbonyl (C=O) groups is 3. The molecule has 2 saturated heterocycles. The third-order valence-electron chi connectivity index (χ3n) is 6.38. The lowest BCUT2D eigenvalue weighted by molar-refractivity contribution is -0.132. The van der Waals surface area contributed by atoms with E-state index in [1.54, 1.807) is 53.4 Å². The van der Waals surface area contributed by atoms with Gasteiger partial charge in [-0.2, -0.15) is 0 Å².